The first-order chi connectivity index (χ1) is 7.65. The first-order valence-electron chi connectivity index (χ1n) is 7.10. The Balaban J connectivity index is 1.92. The van der Waals surface area contributed by atoms with Crippen LogP contribution in [-0.4, -0.2) is 37.1 Å². The summed E-state index contributed by atoms with van der Waals surface area (Å²) in [6, 6.07) is 0.799. The molecule has 2 rings (SSSR count). The topological polar surface area (TPSA) is 15.3 Å². The van der Waals surface area contributed by atoms with Gasteiger partial charge in [0.1, 0.15) is 0 Å². The fourth-order valence-electron chi connectivity index (χ4n) is 3.47. The number of rotatable bonds is 3. The van der Waals surface area contributed by atoms with Gasteiger partial charge in [-0.2, -0.15) is 0 Å². The molecule has 0 bridgehead atoms. The molecular formula is C14H28N2. The molecule has 2 heteroatoms. The van der Waals surface area contributed by atoms with E-state index in [9.17, 15) is 0 Å². The molecule has 2 aliphatic heterocycles. The molecule has 2 nitrogen and oxygen atoms in total. The third kappa shape index (κ3) is 2.60. The smallest absolute Gasteiger partial charge is 0.00697 e. The number of piperidine rings is 1. The molecule has 94 valence electrons. The number of likely N-dealkylation sites (tertiary alicyclic amines) is 1. The molecule has 0 spiro atoms. The van der Waals surface area contributed by atoms with Gasteiger partial charge in [0, 0.05) is 19.1 Å². The van der Waals surface area contributed by atoms with Crippen LogP contribution in [0.4, 0.5) is 0 Å². The second-order valence-corrected chi connectivity index (χ2v) is 6.23. The van der Waals surface area contributed by atoms with Crippen molar-refractivity contribution in [3.63, 3.8) is 0 Å². The van der Waals surface area contributed by atoms with Gasteiger partial charge < -0.3 is 10.2 Å². The molecule has 0 aromatic carbocycles. The minimum Gasteiger partial charge on any atom is -0.316 e. The number of nitrogens with one attached hydrogen (secondary N) is 1. The van der Waals surface area contributed by atoms with Gasteiger partial charge in [0.15, 0.2) is 0 Å². The van der Waals surface area contributed by atoms with Crippen molar-refractivity contribution in [2.45, 2.75) is 52.5 Å². The van der Waals surface area contributed by atoms with Crippen LogP contribution in [0.5, 0.6) is 0 Å². The highest BCUT2D eigenvalue weighted by Gasteiger charge is 2.36. The third-order valence-corrected chi connectivity index (χ3v) is 4.90. The molecule has 0 amide bonds. The van der Waals surface area contributed by atoms with Gasteiger partial charge in [-0.05, 0) is 57.0 Å². The average molecular weight is 224 g/mol. The average Bonchev–Trinajstić information content (AvgIpc) is 2.72. The summed E-state index contributed by atoms with van der Waals surface area (Å²) in [6.45, 7) is 12.3. The molecule has 0 radical (unpaired) electrons. The van der Waals surface area contributed by atoms with E-state index in [1.54, 1.807) is 0 Å². The van der Waals surface area contributed by atoms with Crippen molar-refractivity contribution in [2.24, 2.45) is 11.3 Å². The van der Waals surface area contributed by atoms with Gasteiger partial charge in [-0.15, -0.1) is 0 Å². The Morgan fingerprint density at radius 2 is 2.19 bits per heavy atom. The monoisotopic (exact) mass is 224 g/mol. The van der Waals surface area contributed by atoms with E-state index >= 15 is 0 Å². The second-order valence-electron chi connectivity index (χ2n) is 6.23. The molecule has 0 saturated carbocycles. The van der Waals surface area contributed by atoms with Gasteiger partial charge >= 0.3 is 0 Å². The van der Waals surface area contributed by atoms with Gasteiger partial charge in [-0.3, -0.25) is 0 Å². The molecule has 0 aromatic rings. The minimum atomic E-state index is 0.578. The lowest BCUT2D eigenvalue weighted by Crippen LogP contribution is -2.47. The van der Waals surface area contributed by atoms with Crippen LogP contribution < -0.4 is 5.32 Å². The van der Waals surface area contributed by atoms with Crippen molar-refractivity contribution in [3.8, 4) is 0 Å². The number of nitrogens with zero attached hydrogens (tertiary/aromatic N) is 1. The zero-order valence-corrected chi connectivity index (χ0v) is 11.3. The van der Waals surface area contributed by atoms with E-state index < -0.39 is 0 Å². The third-order valence-electron chi connectivity index (χ3n) is 4.90. The molecule has 2 aliphatic rings. The highest BCUT2D eigenvalue weighted by molar-refractivity contribution is 4.91. The first-order valence-corrected chi connectivity index (χ1v) is 7.10. The summed E-state index contributed by atoms with van der Waals surface area (Å²) in [4.78, 5) is 2.75. The van der Waals surface area contributed by atoms with E-state index in [-0.39, 0.29) is 0 Å². The molecule has 0 aliphatic carbocycles. The molecule has 1 N–H and O–H groups in total. The van der Waals surface area contributed by atoms with Crippen LogP contribution in [0.1, 0.15) is 46.5 Å². The van der Waals surface area contributed by atoms with Crippen molar-refractivity contribution in [1.82, 2.24) is 10.2 Å². The summed E-state index contributed by atoms with van der Waals surface area (Å²) in [6.07, 6.45) is 5.51. The standard InChI is InChI=1S/C14H28N2/c1-4-14(6-7-15-10-14)11-16-8-5-12(2)9-13(16)3/h12-13,15H,4-11H2,1-3H3. The van der Waals surface area contributed by atoms with E-state index in [4.69, 9.17) is 0 Å². The molecule has 2 heterocycles. The van der Waals surface area contributed by atoms with Gasteiger partial charge in [0.05, 0.1) is 0 Å². The molecular weight excluding hydrogens is 196 g/mol. The molecule has 2 saturated heterocycles. The van der Waals surface area contributed by atoms with Crippen LogP contribution in [0.25, 0.3) is 0 Å². The Hall–Kier alpha value is -0.0800. The lowest BCUT2D eigenvalue weighted by Gasteiger charge is -2.42. The molecule has 0 aromatic heterocycles. The molecule has 3 unspecified atom stereocenters. The predicted octanol–water partition coefficient (Wildman–Crippen LogP) is 2.50. The predicted molar refractivity (Wildman–Crippen MR) is 69.6 cm³/mol. The maximum Gasteiger partial charge on any atom is 0.00697 e. The van der Waals surface area contributed by atoms with Gasteiger partial charge in [0.2, 0.25) is 0 Å². The Morgan fingerprint density at radius 1 is 1.38 bits per heavy atom. The van der Waals surface area contributed by atoms with Crippen LogP contribution in [0.2, 0.25) is 0 Å². The van der Waals surface area contributed by atoms with Crippen LogP contribution >= 0.6 is 0 Å². The Bertz CT molecular complexity index is 221. The summed E-state index contributed by atoms with van der Waals surface area (Å²) < 4.78 is 0. The Labute approximate surface area is 101 Å². The van der Waals surface area contributed by atoms with Gasteiger partial charge in [0.25, 0.3) is 0 Å². The van der Waals surface area contributed by atoms with Crippen molar-refractivity contribution in [3.05, 3.63) is 0 Å². The largest absolute Gasteiger partial charge is 0.316 e. The summed E-state index contributed by atoms with van der Waals surface area (Å²) in [7, 11) is 0. The molecule has 2 fully saturated rings. The van der Waals surface area contributed by atoms with E-state index in [1.165, 1.54) is 51.9 Å². The van der Waals surface area contributed by atoms with E-state index in [0.29, 0.717) is 5.41 Å². The van der Waals surface area contributed by atoms with E-state index in [2.05, 4.69) is 31.0 Å². The summed E-state index contributed by atoms with van der Waals surface area (Å²) >= 11 is 0. The summed E-state index contributed by atoms with van der Waals surface area (Å²) in [5.41, 5.74) is 0.578. The van der Waals surface area contributed by atoms with Gasteiger partial charge in [-0.25, -0.2) is 0 Å². The highest BCUT2D eigenvalue weighted by Crippen LogP contribution is 2.33. The fraction of sp³-hybridized carbons (Fsp3) is 1.00. The van der Waals surface area contributed by atoms with Crippen LogP contribution in [0, 0.1) is 11.3 Å². The van der Waals surface area contributed by atoms with Crippen molar-refractivity contribution >= 4 is 0 Å². The summed E-state index contributed by atoms with van der Waals surface area (Å²) in [5, 5.41) is 3.55. The zero-order chi connectivity index (χ0) is 11.6. The normalized spacial score (nSPS) is 41.4. The van der Waals surface area contributed by atoms with Crippen molar-refractivity contribution in [1.29, 1.82) is 0 Å². The fourth-order valence-corrected chi connectivity index (χ4v) is 3.47. The maximum absolute atomic E-state index is 3.55. The number of hydrogen-bond acceptors (Lipinski definition) is 2. The minimum absolute atomic E-state index is 0.578. The lowest BCUT2D eigenvalue weighted by molar-refractivity contribution is 0.0757. The van der Waals surface area contributed by atoms with Gasteiger partial charge in [-0.1, -0.05) is 13.8 Å². The second kappa shape index (κ2) is 5.05. The Morgan fingerprint density at radius 3 is 2.75 bits per heavy atom. The summed E-state index contributed by atoms with van der Waals surface area (Å²) in [5.74, 6) is 0.936. The van der Waals surface area contributed by atoms with Crippen LogP contribution in [0.3, 0.4) is 0 Å². The Kier molecular flexibility index (Phi) is 3.91. The van der Waals surface area contributed by atoms with Crippen molar-refractivity contribution < 1.29 is 0 Å². The molecule has 3 atom stereocenters. The SMILES string of the molecule is CCC1(CN2CCC(C)CC2C)CCNC1. The van der Waals surface area contributed by atoms with E-state index in [1.807, 2.05) is 0 Å². The van der Waals surface area contributed by atoms with Crippen molar-refractivity contribution in [2.75, 3.05) is 26.2 Å². The van der Waals surface area contributed by atoms with Crippen LogP contribution in [0.15, 0.2) is 0 Å². The first kappa shape index (κ1) is 12.4. The maximum atomic E-state index is 3.55. The number of hydrogen-bond donors (Lipinski definition) is 1. The lowest BCUT2D eigenvalue weighted by atomic mass is 9.82. The highest BCUT2D eigenvalue weighted by atomic mass is 15.2. The van der Waals surface area contributed by atoms with E-state index in [0.717, 1.165) is 12.0 Å². The zero-order valence-electron chi connectivity index (χ0n) is 11.3. The molecule has 16 heavy (non-hydrogen) atoms. The quantitative estimate of drug-likeness (QED) is 0.792. The van der Waals surface area contributed by atoms with Crippen LogP contribution in [-0.2, 0) is 0 Å².